The van der Waals surface area contributed by atoms with Gasteiger partial charge in [-0.25, -0.2) is 4.98 Å². The van der Waals surface area contributed by atoms with Crippen LogP contribution in [0.3, 0.4) is 0 Å². The van der Waals surface area contributed by atoms with Crippen molar-refractivity contribution in [2.75, 3.05) is 76.2 Å². The van der Waals surface area contributed by atoms with Crippen LogP contribution in [0.25, 0.3) is 0 Å². The van der Waals surface area contributed by atoms with Crippen LogP contribution < -0.4 is 10.6 Å². The molecule has 0 amide bonds. The molecular weight excluding hydrogens is 304 g/mol. The molecule has 0 radical (unpaired) electrons. The number of piperazine rings is 1. The molecule has 0 bridgehead atoms. The van der Waals surface area contributed by atoms with Gasteiger partial charge in [0.1, 0.15) is 11.0 Å². The first-order valence-corrected chi connectivity index (χ1v) is 8.16. The maximum Gasteiger partial charge on any atom is 0.223 e. The Morgan fingerprint density at radius 3 is 2.27 bits per heavy atom. The highest BCUT2D eigenvalue weighted by atomic mass is 35.5. The smallest absolute Gasteiger partial charge is 0.223 e. The van der Waals surface area contributed by atoms with Gasteiger partial charge in [-0.1, -0.05) is 11.6 Å². The highest BCUT2D eigenvalue weighted by Crippen LogP contribution is 2.18. The summed E-state index contributed by atoms with van der Waals surface area (Å²) in [7, 11) is 0. The van der Waals surface area contributed by atoms with Crippen molar-refractivity contribution in [2.45, 2.75) is 0 Å². The Kier molecular flexibility index (Phi) is 5.30. The zero-order valence-corrected chi connectivity index (χ0v) is 13.5. The molecule has 3 rings (SSSR count). The average Bonchev–Trinajstić information content (AvgIpc) is 2.53. The molecule has 8 heteroatoms. The van der Waals surface area contributed by atoms with E-state index in [-0.39, 0.29) is 5.95 Å². The fourth-order valence-electron chi connectivity index (χ4n) is 2.89. The third-order valence-electron chi connectivity index (χ3n) is 4.23. The zero-order chi connectivity index (χ0) is 15.4. The third kappa shape index (κ3) is 4.19. The lowest BCUT2D eigenvalue weighted by Gasteiger charge is -2.36. The van der Waals surface area contributed by atoms with E-state index in [9.17, 15) is 0 Å². The van der Waals surface area contributed by atoms with Crippen LogP contribution in [-0.4, -0.2) is 85.3 Å². The molecule has 122 valence electrons. The average molecular weight is 327 g/mol. The van der Waals surface area contributed by atoms with Gasteiger partial charge in [0.25, 0.3) is 0 Å². The fourth-order valence-corrected chi connectivity index (χ4v) is 3.08. The minimum atomic E-state index is 0.234. The number of aromatic nitrogens is 2. The van der Waals surface area contributed by atoms with Crippen LogP contribution >= 0.6 is 11.6 Å². The van der Waals surface area contributed by atoms with Gasteiger partial charge in [0.05, 0.1) is 13.2 Å². The van der Waals surface area contributed by atoms with Gasteiger partial charge in [0.2, 0.25) is 5.95 Å². The molecule has 0 saturated carbocycles. The van der Waals surface area contributed by atoms with E-state index in [0.717, 1.165) is 71.4 Å². The van der Waals surface area contributed by atoms with Gasteiger partial charge in [-0.2, -0.15) is 4.98 Å². The zero-order valence-electron chi connectivity index (χ0n) is 12.7. The van der Waals surface area contributed by atoms with Gasteiger partial charge in [0, 0.05) is 58.4 Å². The van der Waals surface area contributed by atoms with E-state index < -0.39 is 0 Å². The summed E-state index contributed by atoms with van der Waals surface area (Å²) in [5.41, 5.74) is 5.66. The molecule has 1 aromatic rings. The summed E-state index contributed by atoms with van der Waals surface area (Å²) in [6.45, 7) is 10.0. The molecule has 1 aromatic heterocycles. The highest BCUT2D eigenvalue weighted by molar-refractivity contribution is 6.29. The maximum atomic E-state index is 5.95. The minimum Gasteiger partial charge on any atom is -0.379 e. The Hall–Kier alpha value is -1.15. The first-order chi connectivity index (χ1) is 10.7. The van der Waals surface area contributed by atoms with Crippen molar-refractivity contribution < 1.29 is 4.74 Å². The van der Waals surface area contributed by atoms with Crippen molar-refractivity contribution in [3.05, 3.63) is 11.2 Å². The quantitative estimate of drug-likeness (QED) is 0.791. The van der Waals surface area contributed by atoms with Crippen LogP contribution in [0.2, 0.25) is 5.15 Å². The van der Waals surface area contributed by atoms with E-state index in [2.05, 4.69) is 24.7 Å². The molecule has 2 fully saturated rings. The maximum absolute atomic E-state index is 5.95. The number of nitrogens with two attached hydrogens (primary N) is 1. The van der Waals surface area contributed by atoms with Crippen LogP contribution in [0, 0.1) is 0 Å². The van der Waals surface area contributed by atoms with Gasteiger partial charge in [0.15, 0.2) is 0 Å². The Bertz CT molecular complexity index is 468. The van der Waals surface area contributed by atoms with E-state index in [0.29, 0.717) is 5.15 Å². The predicted octanol–water partition coefficient (Wildman–Crippen LogP) is 0.166. The monoisotopic (exact) mass is 326 g/mol. The second-order valence-corrected chi connectivity index (χ2v) is 6.08. The number of halogens is 1. The number of nitrogens with zero attached hydrogens (tertiary/aromatic N) is 5. The summed E-state index contributed by atoms with van der Waals surface area (Å²) in [6, 6.07) is 1.78. The standard InChI is InChI=1S/C14H23ClN6O/c15-12-11-13(18-14(16)17-12)21-5-3-19(4-6-21)1-2-20-7-9-22-10-8-20/h11H,1-10H2,(H2,16,17,18). The summed E-state index contributed by atoms with van der Waals surface area (Å²) < 4.78 is 5.38. The third-order valence-corrected chi connectivity index (χ3v) is 4.42. The number of nitrogen functional groups attached to an aromatic ring is 1. The summed E-state index contributed by atoms with van der Waals surface area (Å²) in [5.74, 6) is 1.06. The molecule has 2 aliphatic heterocycles. The second kappa shape index (κ2) is 7.41. The van der Waals surface area contributed by atoms with Crippen molar-refractivity contribution in [1.29, 1.82) is 0 Å². The highest BCUT2D eigenvalue weighted by Gasteiger charge is 2.20. The Labute approximate surface area is 136 Å². The number of morpholine rings is 1. The van der Waals surface area contributed by atoms with Crippen molar-refractivity contribution in [3.63, 3.8) is 0 Å². The van der Waals surface area contributed by atoms with Crippen molar-refractivity contribution in [1.82, 2.24) is 19.8 Å². The van der Waals surface area contributed by atoms with E-state index in [1.54, 1.807) is 6.07 Å². The molecule has 0 aromatic carbocycles. The molecule has 0 spiro atoms. The molecule has 2 aliphatic rings. The Morgan fingerprint density at radius 1 is 1.00 bits per heavy atom. The Balaban J connectivity index is 1.45. The minimum absolute atomic E-state index is 0.234. The molecule has 0 aliphatic carbocycles. The van der Waals surface area contributed by atoms with E-state index >= 15 is 0 Å². The van der Waals surface area contributed by atoms with Crippen LogP contribution in [0.5, 0.6) is 0 Å². The molecule has 22 heavy (non-hydrogen) atoms. The summed E-state index contributed by atoms with van der Waals surface area (Å²) in [4.78, 5) is 15.4. The van der Waals surface area contributed by atoms with Gasteiger partial charge in [-0.3, -0.25) is 9.80 Å². The number of hydrogen-bond acceptors (Lipinski definition) is 7. The van der Waals surface area contributed by atoms with Crippen molar-refractivity contribution >= 4 is 23.4 Å². The largest absolute Gasteiger partial charge is 0.379 e. The normalized spacial score (nSPS) is 21.2. The number of anilines is 2. The molecule has 3 heterocycles. The van der Waals surface area contributed by atoms with Crippen LogP contribution in [-0.2, 0) is 4.74 Å². The lowest BCUT2D eigenvalue weighted by Crippen LogP contribution is -2.49. The SMILES string of the molecule is Nc1nc(Cl)cc(N2CCN(CCN3CCOCC3)CC2)n1. The van der Waals surface area contributed by atoms with Gasteiger partial charge in [-0.05, 0) is 0 Å². The summed E-state index contributed by atoms with van der Waals surface area (Å²) in [6.07, 6.45) is 0. The Morgan fingerprint density at radius 2 is 1.64 bits per heavy atom. The van der Waals surface area contributed by atoms with Crippen molar-refractivity contribution in [3.8, 4) is 0 Å². The number of rotatable bonds is 4. The molecule has 2 saturated heterocycles. The summed E-state index contributed by atoms with van der Waals surface area (Å²) >= 11 is 5.95. The topological polar surface area (TPSA) is 70.8 Å². The molecule has 2 N–H and O–H groups in total. The molecule has 7 nitrogen and oxygen atoms in total. The molecule has 0 unspecified atom stereocenters. The van der Waals surface area contributed by atoms with E-state index in [4.69, 9.17) is 22.1 Å². The van der Waals surface area contributed by atoms with Crippen LogP contribution in [0.15, 0.2) is 6.07 Å². The van der Waals surface area contributed by atoms with Gasteiger partial charge >= 0.3 is 0 Å². The number of ether oxygens (including phenoxy) is 1. The van der Waals surface area contributed by atoms with Gasteiger partial charge in [-0.15, -0.1) is 0 Å². The lowest BCUT2D eigenvalue weighted by molar-refractivity contribution is 0.0331. The van der Waals surface area contributed by atoms with Crippen LogP contribution in [0.1, 0.15) is 0 Å². The summed E-state index contributed by atoms with van der Waals surface area (Å²) in [5, 5.41) is 0.400. The first kappa shape index (κ1) is 15.7. The predicted molar refractivity (Wildman–Crippen MR) is 87.4 cm³/mol. The van der Waals surface area contributed by atoms with Crippen molar-refractivity contribution in [2.24, 2.45) is 0 Å². The fraction of sp³-hybridized carbons (Fsp3) is 0.714. The van der Waals surface area contributed by atoms with Gasteiger partial charge < -0.3 is 15.4 Å². The molecular formula is C14H23ClN6O. The second-order valence-electron chi connectivity index (χ2n) is 5.69. The number of hydrogen-bond donors (Lipinski definition) is 1. The lowest BCUT2D eigenvalue weighted by atomic mass is 10.3. The van der Waals surface area contributed by atoms with E-state index in [1.165, 1.54) is 0 Å². The van der Waals surface area contributed by atoms with Crippen LogP contribution in [0.4, 0.5) is 11.8 Å². The van der Waals surface area contributed by atoms with E-state index in [1.807, 2.05) is 0 Å². The first-order valence-electron chi connectivity index (χ1n) is 7.78. The molecule has 0 atom stereocenters.